The molecule has 3 atom stereocenters. The molecule has 4 heteroatoms. The van der Waals surface area contributed by atoms with Crippen LogP contribution in [0, 0.1) is 41.5 Å². The van der Waals surface area contributed by atoms with Gasteiger partial charge in [0.25, 0.3) is 0 Å². The average Bonchev–Trinajstić information content (AvgIpc) is 2.84. The van der Waals surface area contributed by atoms with Crippen LogP contribution in [0.3, 0.4) is 0 Å². The summed E-state index contributed by atoms with van der Waals surface area (Å²) < 4.78 is 2.49. The number of nitrogens with one attached hydrogen (secondary N) is 1. The molecule has 0 radical (unpaired) electrons. The highest BCUT2D eigenvalue weighted by Gasteiger charge is 2.32. The third-order valence-electron chi connectivity index (χ3n) is 6.85. The molecule has 0 saturated heterocycles. The fourth-order valence-corrected chi connectivity index (χ4v) is 7.06. The summed E-state index contributed by atoms with van der Waals surface area (Å²) in [6.45, 7) is 13.2. The number of aryl methyl sites for hydroxylation is 6. The zero-order valence-electron chi connectivity index (χ0n) is 22.1. The van der Waals surface area contributed by atoms with Gasteiger partial charge in [0, 0.05) is 19.3 Å². The Balaban J connectivity index is 1.95. The lowest BCUT2D eigenvalue weighted by Crippen LogP contribution is -2.31. The molecule has 2 nitrogen and oxygen atoms in total. The van der Waals surface area contributed by atoms with Crippen molar-refractivity contribution in [3.8, 4) is 0 Å². The normalized spacial score (nSPS) is 13.1. The minimum Gasteiger partial charge on any atom is -0.375 e. The molecule has 3 unspecified atom stereocenters. The first kappa shape index (κ1) is 26.3. The molecule has 0 heterocycles. The average molecular weight is 513 g/mol. The highest BCUT2D eigenvalue weighted by atomic mass is 32.7. The third-order valence-corrected chi connectivity index (χ3v) is 8.22. The van der Waals surface area contributed by atoms with E-state index < -0.39 is 0 Å². The Bertz CT molecular complexity index is 1270. The van der Waals surface area contributed by atoms with E-state index in [1.165, 1.54) is 55.9 Å². The number of hydrogen-bond donors (Lipinski definition) is 2. The van der Waals surface area contributed by atoms with Crippen LogP contribution in [0.2, 0.25) is 0 Å². The molecule has 0 fully saturated rings. The van der Waals surface area contributed by atoms with E-state index in [9.17, 15) is 0 Å². The SMILES string of the molecule is Cc1cc(C)c(NC(c2ccccc2)C(c2ccccc2)N(PS)c2c(C)cc(C)cc2C)c(C)c1. The lowest BCUT2D eigenvalue weighted by Gasteiger charge is -2.40. The lowest BCUT2D eigenvalue weighted by molar-refractivity contribution is 0.614. The van der Waals surface area contributed by atoms with Gasteiger partial charge in [-0.05, 0) is 74.9 Å². The molecular formula is C32H37N2PS. The standard InChI is InChI=1S/C32H37N2PS/c1-21-17-23(3)29(24(4)18-21)33-30(27-13-9-7-10-14-27)32(28-15-11-8-12-16-28)34(35-36)31-25(5)19-22(2)20-26(31)6/h7-20,30,32-33,35-36H,1-6H3. The van der Waals surface area contributed by atoms with Gasteiger partial charge in [0.15, 0.2) is 0 Å². The Kier molecular flexibility index (Phi) is 8.44. The van der Waals surface area contributed by atoms with Crippen LogP contribution in [0.1, 0.15) is 56.6 Å². The fraction of sp³-hybridized carbons (Fsp3) is 0.250. The van der Waals surface area contributed by atoms with E-state index >= 15 is 0 Å². The number of anilines is 2. The molecule has 4 aromatic rings. The van der Waals surface area contributed by atoms with Crippen molar-refractivity contribution in [3.63, 3.8) is 0 Å². The van der Waals surface area contributed by atoms with Gasteiger partial charge < -0.3 is 9.99 Å². The summed E-state index contributed by atoms with van der Waals surface area (Å²) in [4.78, 5) is 0. The van der Waals surface area contributed by atoms with Crippen molar-refractivity contribution in [1.29, 1.82) is 0 Å². The van der Waals surface area contributed by atoms with Gasteiger partial charge in [0.1, 0.15) is 0 Å². The van der Waals surface area contributed by atoms with Crippen molar-refractivity contribution in [2.24, 2.45) is 0 Å². The quantitative estimate of drug-likeness (QED) is 0.181. The van der Waals surface area contributed by atoms with Crippen LogP contribution in [-0.2, 0) is 0 Å². The summed E-state index contributed by atoms with van der Waals surface area (Å²) in [5, 5.41) is 4.02. The molecule has 0 amide bonds. The zero-order chi connectivity index (χ0) is 25.8. The maximum absolute atomic E-state index is 4.95. The van der Waals surface area contributed by atoms with E-state index in [-0.39, 0.29) is 12.1 Å². The van der Waals surface area contributed by atoms with Crippen LogP contribution in [0.25, 0.3) is 0 Å². The zero-order valence-corrected chi connectivity index (χ0v) is 24.0. The molecule has 4 aromatic carbocycles. The summed E-state index contributed by atoms with van der Waals surface area (Å²) >= 11 is 4.95. The second kappa shape index (κ2) is 11.5. The molecule has 0 aliphatic rings. The number of benzene rings is 4. The van der Waals surface area contributed by atoms with Crippen LogP contribution in [0.4, 0.5) is 11.4 Å². The summed E-state index contributed by atoms with van der Waals surface area (Å²) in [7, 11) is 0.300. The van der Waals surface area contributed by atoms with Crippen molar-refractivity contribution >= 4 is 31.6 Å². The maximum atomic E-state index is 4.95. The van der Waals surface area contributed by atoms with Gasteiger partial charge in [0.05, 0.1) is 12.1 Å². The van der Waals surface area contributed by atoms with E-state index in [1.54, 1.807) is 0 Å². The van der Waals surface area contributed by atoms with Crippen LogP contribution in [0.5, 0.6) is 0 Å². The molecule has 0 saturated carbocycles. The Morgan fingerprint density at radius 3 is 1.56 bits per heavy atom. The summed E-state index contributed by atoms with van der Waals surface area (Å²) in [5.41, 5.74) is 12.7. The summed E-state index contributed by atoms with van der Waals surface area (Å²) in [5.74, 6) is 0. The van der Waals surface area contributed by atoms with Crippen LogP contribution in [0.15, 0.2) is 84.9 Å². The molecule has 186 valence electrons. The number of nitrogens with zero attached hydrogens (tertiary/aromatic N) is 1. The number of rotatable bonds is 8. The monoisotopic (exact) mass is 512 g/mol. The van der Waals surface area contributed by atoms with Gasteiger partial charge >= 0.3 is 0 Å². The van der Waals surface area contributed by atoms with Gasteiger partial charge in [-0.15, -0.1) is 12.2 Å². The first-order valence-electron chi connectivity index (χ1n) is 12.5. The van der Waals surface area contributed by atoms with Gasteiger partial charge in [-0.25, -0.2) is 0 Å². The highest BCUT2D eigenvalue weighted by Crippen LogP contribution is 2.48. The topological polar surface area (TPSA) is 15.3 Å². The van der Waals surface area contributed by atoms with E-state index in [1.807, 2.05) is 0 Å². The van der Waals surface area contributed by atoms with Crippen molar-refractivity contribution in [1.82, 2.24) is 0 Å². The number of hydrogen-bond acceptors (Lipinski definition) is 3. The van der Waals surface area contributed by atoms with Gasteiger partial charge in [-0.1, -0.05) is 96.1 Å². The van der Waals surface area contributed by atoms with E-state index in [4.69, 9.17) is 12.2 Å². The molecule has 4 rings (SSSR count). The largest absolute Gasteiger partial charge is 0.375 e. The van der Waals surface area contributed by atoms with E-state index in [0.29, 0.717) is 7.93 Å². The minimum absolute atomic E-state index is 0.00783. The molecule has 0 aromatic heterocycles. The molecule has 0 bridgehead atoms. The second-order valence-corrected chi connectivity index (χ2v) is 11.2. The third kappa shape index (κ3) is 5.64. The van der Waals surface area contributed by atoms with Crippen molar-refractivity contribution < 1.29 is 0 Å². The molecule has 1 N–H and O–H groups in total. The van der Waals surface area contributed by atoms with E-state index in [2.05, 4.69) is 136 Å². The minimum atomic E-state index is 0.00783. The van der Waals surface area contributed by atoms with Crippen molar-refractivity contribution in [2.75, 3.05) is 9.99 Å². The second-order valence-electron chi connectivity index (χ2n) is 9.88. The first-order valence-corrected chi connectivity index (χ1v) is 14.7. The molecule has 36 heavy (non-hydrogen) atoms. The molecule has 0 spiro atoms. The Hall–Kier alpha value is -2.74. The van der Waals surface area contributed by atoms with Gasteiger partial charge in [0.2, 0.25) is 0 Å². The molecular weight excluding hydrogens is 475 g/mol. The highest BCUT2D eigenvalue weighted by molar-refractivity contribution is 8.38. The predicted octanol–water partition coefficient (Wildman–Crippen LogP) is 9.38. The first-order chi connectivity index (χ1) is 17.3. The lowest BCUT2D eigenvalue weighted by atomic mass is 9.91. The van der Waals surface area contributed by atoms with Gasteiger partial charge in [-0.2, -0.15) is 0 Å². The summed E-state index contributed by atoms with van der Waals surface area (Å²) in [6, 6.07) is 30.8. The van der Waals surface area contributed by atoms with Crippen LogP contribution >= 0.6 is 20.2 Å². The Morgan fingerprint density at radius 2 is 1.08 bits per heavy atom. The number of thiol groups is 1. The van der Waals surface area contributed by atoms with Crippen molar-refractivity contribution in [2.45, 2.75) is 53.6 Å². The van der Waals surface area contributed by atoms with Gasteiger partial charge in [-0.3, -0.25) is 0 Å². The molecule has 0 aliphatic heterocycles. The Morgan fingerprint density at radius 1 is 0.639 bits per heavy atom. The fourth-order valence-electron chi connectivity index (χ4n) is 5.51. The van der Waals surface area contributed by atoms with Crippen LogP contribution in [-0.4, -0.2) is 0 Å². The predicted molar refractivity (Wildman–Crippen MR) is 163 cm³/mol. The van der Waals surface area contributed by atoms with E-state index in [0.717, 1.165) is 0 Å². The molecule has 0 aliphatic carbocycles. The summed E-state index contributed by atoms with van der Waals surface area (Å²) in [6.07, 6.45) is 0. The smallest absolute Gasteiger partial charge is 0.0826 e. The van der Waals surface area contributed by atoms with Crippen LogP contribution < -0.4 is 9.99 Å². The maximum Gasteiger partial charge on any atom is 0.0826 e. The Labute approximate surface area is 224 Å². The van der Waals surface area contributed by atoms with Crippen molar-refractivity contribution in [3.05, 3.63) is 129 Å².